The van der Waals surface area contributed by atoms with Crippen molar-refractivity contribution in [3.05, 3.63) is 53.2 Å². The van der Waals surface area contributed by atoms with Crippen molar-refractivity contribution >= 4 is 17.2 Å². The SMILES string of the molecule is Cc1ccnc(Oc2cccc(CO)c2)c1C(N)=S. The molecule has 0 aliphatic carbocycles. The lowest BCUT2D eigenvalue weighted by molar-refractivity contribution is 0.281. The van der Waals surface area contributed by atoms with Crippen LogP contribution in [0, 0.1) is 6.92 Å². The molecule has 1 aromatic heterocycles. The fourth-order valence-electron chi connectivity index (χ4n) is 1.73. The van der Waals surface area contributed by atoms with E-state index in [1.54, 1.807) is 24.4 Å². The zero-order chi connectivity index (χ0) is 13.8. The number of hydrogen-bond acceptors (Lipinski definition) is 4. The van der Waals surface area contributed by atoms with E-state index in [1.807, 2.05) is 19.1 Å². The summed E-state index contributed by atoms with van der Waals surface area (Å²) in [6.45, 7) is 1.85. The normalized spacial score (nSPS) is 10.2. The fourth-order valence-corrected chi connectivity index (χ4v) is 1.98. The number of nitrogens with zero attached hydrogens (tertiary/aromatic N) is 1. The highest BCUT2D eigenvalue weighted by atomic mass is 32.1. The van der Waals surface area contributed by atoms with E-state index in [-0.39, 0.29) is 11.6 Å². The summed E-state index contributed by atoms with van der Waals surface area (Å²) in [6.07, 6.45) is 1.64. The molecule has 0 unspecified atom stereocenters. The predicted octanol–water partition coefficient (Wildman–Crippen LogP) is 2.31. The molecular formula is C14H14N2O2S. The van der Waals surface area contributed by atoms with Gasteiger partial charge in [-0.3, -0.25) is 0 Å². The van der Waals surface area contributed by atoms with Crippen LogP contribution in [0.15, 0.2) is 36.5 Å². The van der Waals surface area contributed by atoms with Gasteiger partial charge in [0, 0.05) is 6.20 Å². The van der Waals surface area contributed by atoms with E-state index in [0.717, 1.165) is 11.1 Å². The molecule has 0 saturated carbocycles. The van der Waals surface area contributed by atoms with Crippen LogP contribution in [0.5, 0.6) is 11.6 Å². The molecule has 0 atom stereocenters. The summed E-state index contributed by atoms with van der Waals surface area (Å²) in [5, 5.41) is 9.10. The van der Waals surface area contributed by atoms with Gasteiger partial charge in [-0.1, -0.05) is 24.4 Å². The van der Waals surface area contributed by atoms with Gasteiger partial charge in [0.2, 0.25) is 5.88 Å². The second-order valence-corrected chi connectivity index (χ2v) is 4.52. The Morgan fingerprint density at radius 1 is 1.42 bits per heavy atom. The van der Waals surface area contributed by atoms with Crippen LogP contribution in [0.1, 0.15) is 16.7 Å². The minimum atomic E-state index is -0.0411. The van der Waals surface area contributed by atoms with Crippen LogP contribution >= 0.6 is 12.2 Å². The zero-order valence-electron chi connectivity index (χ0n) is 10.5. The molecule has 1 aromatic carbocycles. The van der Waals surface area contributed by atoms with Crippen molar-refractivity contribution in [3.8, 4) is 11.6 Å². The first-order valence-electron chi connectivity index (χ1n) is 5.75. The Labute approximate surface area is 116 Å². The van der Waals surface area contributed by atoms with Gasteiger partial charge < -0.3 is 15.6 Å². The highest BCUT2D eigenvalue weighted by Crippen LogP contribution is 2.25. The van der Waals surface area contributed by atoms with Crippen LogP contribution in [0.3, 0.4) is 0 Å². The molecule has 2 rings (SSSR count). The molecule has 0 spiro atoms. The first kappa shape index (κ1) is 13.5. The summed E-state index contributed by atoms with van der Waals surface area (Å²) in [4.78, 5) is 4.41. The summed E-state index contributed by atoms with van der Waals surface area (Å²) in [6, 6.07) is 8.97. The average Bonchev–Trinajstić information content (AvgIpc) is 2.38. The van der Waals surface area contributed by atoms with Gasteiger partial charge in [-0.15, -0.1) is 0 Å². The quantitative estimate of drug-likeness (QED) is 0.837. The van der Waals surface area contributed by atoms with Crippen molar-refractivity contribution in [2.75, 3.05) is 0 Å². The Bertz CT molecular complexity index is 614. The van der Waals surface area contributed by atoms with Gasteiger partial charge in [0.05, 0.1) is 12.2 Å². The van der Waals surface area contributed by atoms with Crippen molar-refractivity contribution in [1.82, 2.24) is 4.98 Å². The molecule has 4 nitrogen and oxygen atoms in total. The van der Waals surface area contributed by atoms with E-state index < -0.39 is 0 Å². The van der Waals surface area contributed by atoms with Gasteiger partial charge >= 0.3 is 0 Å². The fraction of sp³-hybridized carbons (Fsp3) is 0.143. The molecule has 0 bridgehead atoms. The Morgan fingerprint density at radius 3 is 2.89 bits per heavy atom. The number of rotatable bonds is 4. The molecule has 3 N–H and O–H groups in total. The highest BCUT2D eigenvalue weighted by Gasteiger charge is 2.12. The van der Waals surface area contributed by atoms with Crippen LogP contribution in [0.25, 0.3) is 0 Å². The number of thiocarbonyl (C=S) groups is 1. The molecule has 0 radical (unpaired) electrons. The second-order valence-electron chi connectivity index (χ2n) is 4.08. The largest absolute Gasteiger partial charge is 0.438 e. The van der Waals surface area contributed by atoms with Crippen LogP contribution in [-0.2, 0) is 6.61 Å². The number of aromatic nitrogens is 1. The third kappa shape index (κ3) is 3.07. The molecule has 2 aromatic rings. The van der Waals surface area contributed by atoms with Gasteiger partial charge in [-0.25, -0.2) is 4.98 Å². The lowest BCUT2D eigenvalue weighted by Crippen LogP contribution is -2.13. The molecule has 5 heteroatoms. The topological polar surface area (TPSA) is 68.4 Å². The predicted molar refractivity (Wildman–Crippen MR) is 77.3 cm³/mol. The third-order valence-electron chi connectivity index (χ3n) is 2.67. The first-order valence-corrected chi connectivity index (χ1v) is 6.15. The first-order chi connectivity index (χ1) is 9.11. The van der Waals surface area contributed by atoms with E-state index >= 15 is 0 Å². The molecule has 0 saturated heterocycles. The number of ether oxygens (including phenoxy) is 1. The Hall–Kier alpha value is -1.98. The van der Waals surface area contributed by atoms with Crippen molar-refractivity contribution in [2.24, 2.45) is 5.73 Å². The smallest absolute Gasteiger partial charge is 0.229 e. The minimum Gasteiger partial charge on any atom is -0.438 e. The van der Waals surface area contributed by atoms with Crippen molar-refractivity contribution in [2.45, 2.75) is 13.5 Å². The van der Waals surface area contributed by atoms with E-state index in [0.29, 0.717) is 17.2 Å². The lowest BCUT2D eigenvalue weighted by atomic mass is 10.1. The summed E-state index contributed by atoms with van der Waals surface area (Å²) in [5.41, 5.74) is 8.01. The standard InChI is InChI=1S/C14H14N2O2S/c1-9-5-6-16-14(12(9)13(15)19)18-11-4-2-3-10(7-11)8-17/h2-7,17H,8H2,1H3,(H2,15,19). The summed E-state index contributed by atoms with van der Waals surface area (Å²) < 4.78 is 5.70. The van der Waals surface area contributed by atoms with Crippen molar-refractivity contribution < 1.29 is 9.84 Å². The highest BCUT2D eigenvalue weighted by molar-refractivity contribution is 7.80. The maximum Gasteiger partial charge on any atom is 0.229 e. The molecule has 0 fully saturated rings. The number of aliphatic hydroxyl groups is 1. The Kier molecular flexibility index (Phi) is 4.09. The summed E-state index contributed by atoms with van der Waals surface area (Å²) in [7, 11) is 0. The molecule has 0 aliphatic rings. The van der Waals surface area contributed by atoms with Crippen molar-refractivity contribution in [3.63, 3.8) is 0 Å². The van der Waals surface area contributed by atoms with E-state index in [4.69, 9.17) is 27.8 Å². The Morgan fingerprint density at radius 2 is 2.21 bits per heavy atom. The molecule has 98 valence electrons. The maximum absolute atomic E-state index is 9.10. The molecule has 19 heavy (non-hydrogen) atoms. The minimum absolute atomic E-state index is 0.0411. The monoisotopic (exact) mass is 274 g/mol. The molecular weight excluding hydrogens is 260 g/mol. The molecule has 0 aliphatic heterocycles. The van der Waals surface area contributed by atoms with E-state index in [2.05, 4.69) is 4.98 Å². The zero-order valence-corrected chi connectivity index (χ0v) is 11.3. The molecule has 1 heterocycles. The van der Waals surface area contributed by atoms with Crippen LogP contribution < -0.4 is 10.5 Å². The third-order valence-corrected chi connectivity index (χ3v) is 2.87. The van der Waals surface area contributed by atoms with Gasteiger partial charge in [0.25, 0.3) is 0 Å². The number of aryl methyl sites for hydroxylation is 1. The second kappa shape index (κ2) is 5.77. The maximum atomic E-state index is 9.10. The summed E-state index contributed by atoms with van der Waals surface area (Å²) in [5.74, 6) is 0.963. The van der Waals surface area contributed by atoms with E-state index in [1.165, 1.54) is 0 Å². The van der Waals surface area contributed by atoms with Gasteiger partial charge in [-0.2, -0.15) is 0 Å². The Balaban J connectivity index is 2.38. The number of pyridine rings is 1. The van der Waals surface area contributed by atoms with Crippen molar-refractivity contribution in [1.29, 1.82) is 0 Å². The number of benzene rings is 1. The van der Waals surface area contributed by atoms with Crippen LogP contribution in [0.2, 0.25) is 0 Å². The van der Waals surface area contributed by atoms with Gasteiger partial charge in [0.15, 0.2) is 0 Å². The summed E-state index contributed by atoms with van der Waals surface area (Å²) >= 11 is 5.02. The molecule has 0 amide bonds. The van der Waals surface area contributed by atoms with Gasteiger partial charge in [0.1, 0.15) is 10.7 Å². The average molecular weight is 274 g/mol. The van der Waals surface area contributed by atoms with E-state index in [9.17, 15) is 0 Å². The number of nitrogens with two attached hydrogens (primary N) is 1. The number of hydrogen-bond donors (Lipinski definition) is 2. The lowest BCUT2D eigenvalue weighted by Gasteiger charge is -2.11. The van der Waals surface area contributed by atoms with Gasteiger partial charge in [-0.05, 0) is 36.2 Å². The number of aliphatic hydroxyl groups excluding tert-OH is 1. The van der Waals surface area contributed by atoms with Crippen LogP contribution in [0.4, 0.5) is 0 Å². The van der Waals surface area contributed by atoms with Crippen LogP contribution in [-0.4, -0.2) is 15.1 Å².